The molecule has 1 heterocycles. The maximum atomic E-state index is 4.17. The predicted octanol–water partition coefficient (Wildman–Crippen LogP) is 3.24. The van der Waals surface area contributed by atoms with Crippen molar-refractivity contribution in [3.05, 3.63) is 17.6 Å². The Hall–Kier alpha value is -0.290. The number of nitrogens with zero attached hydrogens (tertiary/aromatic N) is 1. The Morgan fingerprint density at radius 3 is 2.91 bits per heavy atom. The van der Waals surface area contributed by atoms with Crippen molar-refractivity contribution in [2.24, 2.45) is 0 Å². The molecule has 0 saturated heterocycles. The van der Waals surface area contributed by atoms with Crippen LogP contribution in [0.2, 0.25) is 0 Å². The maximum absolute atomic E-state index is 4.17. The first-order valence-electron chi connectivity index (χ1n) is 4.41. The molecule has 0 saturated carbocycles. The lowest BCUT2D eigenvalue weighted by molar-refractivity contribution is 0.670. The highest BCUT2D eigenvalue weighted by molar-refractivity contribution is 7.26. The molecule has 2 heteroatoms. The number of hydrogen-bond acceptors (Lipinski definition) is 1. The molecule has 0 amide bonds. The Morgan fingerprint density at radius 1 is 1.36 bits per heavy atom. The van der Waals surface area contributed by atoms with Crippen LogP contribution < -0.4 is 0 Å². The molecule has 1 aromatic rings. The molecule has 62 valence electrons. The molecule has 0 fully saturated rings. The van der Waals surface area contributed by atoms with Crippen LogP contribution in [0.15, 0.2) is 12.3 Å². The zero-order valence-corrected chi connectivity index (χ0v) is 8.14. The quantitative estimate of drug-likeness (QED) is 0.616. The first kappa shape index (κ1) is 8.80. The summed E-state index contributed by atoms with van der Waals surface area (Å²) < 4.78 is 4.17. The van der Waals surface area contributed by atoms with Crippen LogP contribution >= 0.6 is 8.35 Å². The van der Waals surface area contributed by atoms with Crippen molar-refractivity contribution in [2.75, 3.05) is 0 Å². The van der Waals surface area contributed by atoms with Crippen LogP contribution in [0.25, 0.3) is 0 Å². The van der Waals surface area contributed by atoms with Crippen LogP contribution in [-0.2, 0) is 6.42 Å². The lowest BCUT2D eigenvalue weighted by Gasteiger charge is -1.95. The van der Waals surface area contributed by atoms with Crippen molar-refractivity contribution < 1.29 is 0 Å². The fourth-order valence-corrected chi connectivity index (χ4v) is 1.92. The van der Waals surface area contributed by atoms with E-state index in [9.17, 15) is 0 Å². The molecule has 0 aliphatic carbocycles. The molecular formula is C9H16NP. The van der Waals surface area contributed by atoms with Gasteiger partial charge in [-0.2, -0.15) is 0 Å². The molecule has 0 aromatic carbocycles. The third-order valence-corrected chi connectivity index (χ3v) is 2.84. The highest BCUT2D eigenvalue weighted by Crippen LogP contribution is 2.14. The molecule has 11 heavy (non-hydrogen) atoms. The smallest absolute Gasteiger partial charge is 0.0312 e. The summed E-state index contributed by atoms with van der Waals surface area (Å²) in [5, 5.41) is 1.54. The van der Waals surface area contributed by atoms with Gasteiger partial charge in [-0.3, -0.25) is 0 Å². The first-order valence-corrected chi connectivity index (χ1v) is 5.36. The van der Waals surface area contributed by atoms with Gasteiger partial charge in [0, 0.05) is 6.20 Å². The summed E-state index contributed by atoms with van der Waals surface area (Å²) >= 11 is 0. The highest BCUT2D eigenvalue weighted by Gasteiger charge is 1.92. The third kappa shape index (κ3) is 3.57. The molecule has 0 aliphatic rings. The fraction of sp³-hybridized carbons (Fsp3) is 0.667. The lowest BCUT2D eigenvalue weighted by atomic mass is 10.1. The Morgan fingerprint density at radius 2 is 2.27 bits per heavy atom. The third-order valence-electron chi connectivity index (χ3n) is 1.86. The fourth-order valence-electron chi connectivity index (χ4n) is 1.17. The van der Waals surface area contributed by atoms with Crippen molar-refractivity contribution >= 4 is 8.35 Å². The van der Waals surface area contributed by atoms with E-state index in [0.29, 0.717) is 0 Å². The predicted molar refractivity (Wildman–Crippen MR) is 51.6 cm³/mol. The minimum Gasteiger partial charge on any atom is -0.249 e. The van der Waals surface area contributed by atoms with Gasteiger partial charge in [-0.15, -0.1) is 0 Å². The Labute approximate surface area is 70.4 Å². The molecule has 0 N–H and O–H groups in total. The number of unbranched alkanes of at least 4 members (excludes halogenated alkanes) is 3. The van der Waals surface area contributed by atoms with Crippen LogP contribution in [0.5, 0.6) is 0 Å². The molecule has 1 rings (SSSR count). The van der Waals surface area contributed by atoms with Crippen LogP contribution in [0.4, 0.5) is 0 Å². The van der Waals surface area contributed by atoms with Crippen molar-refractivity contribution in [3.63, 3.8) is 0 Å². The van der Waals surface area contributed by atoms with E-state index in [4.69, 9.17) is 0 Å². The summed E-state index contributed by atoms with van der Waals surface area (Å²) in [5.74, 6) is 0. The maximum Gasteiger partial charge on any atom is 0.0312 e. The van der Waals surface area contributed by atoms with Crippen molar-refractivity contribution in [1.82, 2.24) is 4.75 Å². The molecule has 0 bridgehead atoms. The van der Waals surface area contributed by atoms with Crippen molar-refractivity contribution in [2.45, 2.75) is 39.0 Å². The van der Waals surface area contributed by atoms with E-state index < -0.39 is 0 Å². The van der Waals surface area contributed by atoms with Gasteiger partial charge in [0.1, 0.15) is 0 Å². The largest absolute Gasteiger partial charge is 0.249 e. The number of hydrogen-bond donors (Lipinski definition) is 0. The van der Waals surface area contributed by atoms with E-state index >= 15 is 0 Å². The van der Waals surface area contributed by atoms with Gasteiger partial charge in [-0.25, -0.2) is 4.75 Å². The zero-order valence-electron chi connectivity index (χ0n) is 7.14. The van der Waals surface area contributed by atoms with E-state index in [1.54, 1.807) is 5.30 Å². The Bertz CT molecular complexity index is 170. The molecule has 1 nitrogen and oxygen atoms in total. The van der Waals surface area contributed by atoms with E-state index in [1.807, 2.05) is 6.20 Å². The SMILES string of the molecule is CCCCCCc1ccn[pH]1. The summed E-state index contributed by atoms with van der Waals surface area (Å²) in [7, 11) is 0.742. The molecule has 0 aliphatic heterocycles. The normalized spacial score (nSPS) is 11.0. The standard InChI is InChI=1S/C9H16NP/c1-2-3-4-5-6-9-7-8-10-11-9/h7-8,11H,2-6H2,1H3. The minimum atomic E-state index is 0.742. The summed E-state index contributed by atoms with van der Waals surface area (Å²) in [4.78, 5) is 0. The monoisotopic (exact) mass is 169 g/mol. The van der Waals surface area contributed by atoms with E-state index in [-0.39, 0.29) is 0 Å². The van der Waals surface area contributed by atoms with Gasteiger partial charge in [-0.1, -0.05) is 26.2 Å². The summed E-state index contributed by atoms with van der Waals surface area (Å²) in [6.45, 7) is 2.25. The van der Waals surface area contributed by atoms with Gasteiger partial charge in [0.15, 0.2) is 0 Å². The van der Waals surface area contributed by atoms with Crippen LogP contribution in [-0.4, -0.2) is 4.75 Å². The van der Waals surface area contributed by atoms with E-state index in [0.717, 1.165) is 8.35 Å². The van der Waals surface area contributed by atoms with Crippen LogP contribution in [0.1, 0.15) is 37.9 Å². The number of aromatic nitrogens is 1. The van der Waals surface area contributed by atoms with E-state index in [2.05, 4.69) is 17.7 Å². The molecule has 1 aromatic heterocycles. The molecule has 0 radical (unpaired) electrons. The summed E-state index contributed by atoms with van der Waals surface area (Å²) in [6, 6.07) is 2.17. The minimum absolute atomic E-state index is 0.742. The highest BCUT2D eigenvalue weighted by atomic mass is 31.0. The molecule has 1 unspecified atom stereocenters. The van der Waals surface area contributed by atoms with Gasteiger partial charge < -0.3 is 0 Å². The zero-order chi connectivity index (χ0) is 7.94. The lowest BCUT2D eigenvalue weighted by Crippen LogP contribution is -1.79. The van der Waals surface area contributed by atoms with Crippen molar-refractivity contribution in [3.8, 4) is 0 Å². The Balaban J connectivity index is 2.04. The van der Waals surface area contributed by atoms with Gasteiger partial charge in [0.05, 0.1) is 0 Å². The van der Waals surface area contributed by atoms with Crippen LogP contribution in [0.3, 0.4) is 0 Å². The average molecular weight is 169 g/mol. The molecular weight excluding hydrogens is 153 g/mol. The summed E-state index contributed by atoms with van der Waals surface area (Å²) in [5.41, 5.74) is 0. The van der Waals surface area contributed by atoms with Crippen LogP contribution in [0, 0.1) is 0 Å². The van der Waals surface area contributed by atoms with Gasteiger partial charge in [0.25, 0.3) is 0 Å². The number of rotatable bonds is 5. The van der Waals surface area contributed by atoms with Gasteiger partial charge in [-0.05, 0) is 32.6 Å². The second kappa shape index (κ2) is 5.37. The topological polar surface area (TPSA) is 12.9 Å². The second-order valence-electron chi connectivity index (χ2n) is 2.89. The number of aryl methyl sites for hydroxylation is 1. The molecule has 0 spiro atoms. The molecule has 1 atom stereocenters. The first-order chi connectivity index (χ1) is 5.43. The average Bonchev–Trinajstić information content (AvgIpc) is 2.50. The van der Waals surface area contributed by atoms with Gasteiger partial charge >= 0.3 is 0 Å². The Kier molecular flexibility index (Phi) is 4.30. The second-order valence-corrected chi connectivity index (χ2v) is 4.02. The summed E-state index contributed by atoms with van der Waals surface area (Å²) in [6.07, 6.45) is 8.68. The van der Waals surface area contributed by atoms with Gasteiger partial charge in [0.2, 0.25) is 0 Å². The van der Waals surface area contributed by atoms with E-state index in [1.165, 1.54) is 32.1 Å². The van der Waals surface area contributed by atoms with Crippen molar-refractivity contribution in [1.29, 1.82) is 0 Å².